The lowest BCUT2D eigenvalue weighted by Gasteiger charge is -2.47. The van der Waals surface area contributed by atoms with E-state index in [0.717, 1.165) is 43.2 Å². The molecule has 3 aromatic carbocycles. The molecule has 0 bridgehead atoms. The van der Waals surface area contributed by atoms with Crippen LogP contribution in [0.15, 0.2) is 54.6 Å². The summed E-state index contributed by atoms with van der Waals surface area (Å²) in [6.07, 6.45) is 8.42. The number of nitrogens with one attached hydrogen (secondary N) is 3. The molecule has 7 aliphatic rings. The maximum Gasteiger partial charge on any atom is 0.255 e. The first-order valence-electron chi connectivity index (χ1n) is 23.5. The Balaban J connectivity index is 0.801. The number of piperidine rings is 2. The first-order chi connectivity index (χ1) is 31.8. The summed E-state index contributed by atoms with van der Waals surface area (Å²) in [5.41, 5.74) is 1.43. The Hall–Kier alpha value is -5.29. The Bertz CT molecular complexity index is 2610. The van der Waals surface area contributed by atoms with Gasteiger partial charge in [-0.2, -0.15) is 0 Å². The summed E-state index contributed by atoms with van der Waals surface area (Å²) in [7, 11) is 1.80. The minimum absolute atomic E-state index is 0.0721. The molecule has 66 heavy (non-hydrogen) atoms. The number of rotatable bonds is 5. The van der Waals surface area contributed by atoms with Crippen LogP contribution >= 0.6 is 23.2 Å². The lowest BCUT2D eigenvalue weighted by atomic mass is 9.55. The van der Waals surface area contributed by atoms with Crippen molar-refractivity contribution in [1.82, 2.24) is 25.3 Å². The van der Waals surface area contributed by atoms with Crippen LogP contribution in [0.3, 0.4) is 0 Å². The van der Waals surface area contributed by atoms with E-state index in [2.05, 4.69) is 27.8 Å². The molecule has 0 radical (unpaired) electrons. The number of carbonyl (C=O) groups excluding carboxylic acids is 6. The maximum absolute atomic E-state index is 16.4. The topological polar surface area (TPSA) is 148 Å². The molecule has 6 amide bonds. The summed E-state index contributed by atoms with van der Waals surface area (Å²) in [6.45, 7) is 1.44. The van der Waals surface area contributed by atoms with Crippen molar-refractivity contribution >= 4 is 64.3 Å². The molecule has 3 aromatic rings. The van der Waals surface area contributed by atoms with Crippen LogP contribution in [0, 0.1) is 29.5 Å². The van der Waals surface area contributed by atoms with E-state index in [-0.39, 0.29) is 71.0 Å². The van der Waals surface area contributed by atoms with Crippen molar-refractivity contribution in [1.29, 1.82) is 0 Å². The zero-order valence-corrected chi connectivity index (χ0v) is 38.4. The Kier molecular flexibility index (Phi) is 11.8. The lowest BCUT2D eigenvalue weighted by Crippen LogP contribution is -2.60. The van der Waals surface area contributed by atoms with Crippen molar-refractivity contribution in [2.75, 3.05) is 25.5 Å². The van der Waals surface area contributed by atoms with Gasteiger partial charge in [-0.25, -0.2) is 4.39 Å². The van der Waals surface area contributed by atoms with Crippen LogP contribution in [-0.4, -0.2) is 93.9 Å². The second kappa shape index (κ2) is 17.4. The number of hydrogen-bond acceptors (Lipinski definition) is 7. The van der Waals surface area contributed by atoms with Gasteiger partial charge >= 0.3 is 0 Å². The van der Waals surface area contributed by atoms with Crippen molar-refractivity contribution in [2.45, 2.75) is 125 Å². The highest BCUT2D eigenvalue weighted by Gasteiger charge is 2.72. The Labute approximate surface area is 393 Å². The van der Waals surface area contributed by atoms with E-state index in [9.17, 15) is 24.0 Å². The third-order valence-electron chi connectivity index (χ3n) is 16.0. The van der Waals surface area contributed by atoms with Gasteiger partial charge < -0.3 is 20.0 Å². The third kappa shape index (κ3) is 7.30. The van der Waals surface area contributed by atoms with Crippen LogP contribution < -0.4 is 16.0 Å². The SMILES string of the molecule is CN(C(=O)[C@@H]1NC2(CCCCC2)[C@@]2(C(=O)Nc3cc(Cl)ccc32)[C@H]1c1cccc(Cl)c1F)[C@H]1CC[C@H](C(=O)N2CCC(C#Cc3cccc4c3CN(C3CCC(=O)NC3=O)C4=O)CC2)CC1. The molecule has 5 aliphatic heterocycles. The van der Waals surface area contributed by atoms with E-state index >= 15 is 9.18 Å². The second-order valence-corrected chi connectivity index (χ2v) is 20.2. The first kappa shape index (κ1) is 44.5. The summed E-state index contributed by atoms with van der Waals surface area (Å²) >= 11 is 12.9. The molecule has 12 nitrogen and oxygen atoms in total. The molecular weight excluding hydrogens is 883 g/mol. The van der Waals surface area contributed by atoms with Gasteiger partial charge in [-0.3, -0.25) is 39.4 Å². The summed E-state index contributed by atoms with van der Waals surface area (Å²) in [4.78, 5) is 86.7. The second-order valence-electron chi connectivity index (χ2n) is 19.4. The Morgan fingerprint density at radius 3 is 2.36 bits per heavy atom. The number of imide groups is 1. The molecule has 15 heteroatoms. The molecule has 2 saturated carbocycles. The standard InChI is InChI=1S/C51H53Cl2FN6O6/c1-58(48(65)44-42(35-9-6-10-38(53)43(35)54)51(50(57-44)23-3-2-4-24-50)37-18-15-32(52)27-39(37)55-49(51)66)33-16-13-31(14-17-33)46(63)59-25-21-29(22-26-59)11-12-30-7-5-8-34-36(30)28-60(47(34)64)40-19-20-41(61)56-45(40)62/h5-10,15,18,27,29,31,33,40,42,44,57H,2-4,13-14,16-17,19-26,28H2,1H3,(H,55,66)(H,56,61,62)/t31-,33-,40?,42-,44+,51+/m0/s1. The van der Waals surface area contributed by atoms with Crippen LogP contribution in [-0.2, 0) is 35.9 Å². The van der Waals surface area contributed by atoms with Crippen molar-refractivity contribution < 1.29 is 33.2 Å². The van der Waals surface area contributed by atoms with Gasteiger partial charge in [-0.1, -0.05) is 78.6 Å². The average molecular weight is 936 g/mol. The fraction of sp³-hybridized carbons (Fsp3) is 0.490. The molecule has 2 spiro atoms. The number of likely N-dealkylation sites (N-methyl/N-ethyl adjacent to an activating group) is 1. The van der Waals surface area contributed by atoms with E-state index in [4.69, 9.17) is 23.2 Å². The number of halogens is 3. The molecule has 344 valence electrons. The van der Waals surface area contributed by atoms with Gasteiger partial charge in [0, 0.05) is 84.3 Å². The maximum atomic E-state index is 16.4. The van der Waals surface area contributed by atoms with Gasteiger partial charge in [0.2, 0.25) is 29.5 Å². The minimum Gasteiger partial charge on any atom is -0.342 e. The highest BCUT2D eigenvalue weighted by atomic mass is 35.5. The zero-order valence-electron chi connectivity index (χ0n) is 36.9. The predicted octanol–water partition coefficient (Wildman–Crippen LogP) is 6.85. The number of anilines is 1. The van der Waals surface area contributed by atoms with Gasteiger partial charge in [0.1, 0.15) is 17.3 Å². The summed E-state index contributed by atoms with van der Waals surface area (Å²) in [5.74, 6) is 3.71. The monoisotopic (exact) mass is 934 g/mol. The largest absolute Gasteiger partial charge is 0.342 e. The molecule has 5 heterocycles. The van der Waals surface area contributed by atoms with E-state index in [1.54, 1.807) is 48.3 Å². The molecule has 3 saturated heterocycles. The smallest absolute Gasteiger partial charge is 0.255 e. The quantitative estimate of drug-likeness (QED) is 0.187. The molecular formula is C51H53Cl2FN6O6. The first-order valence-corrected chi connectivity index (χ1v) is 24.2. The normalized spacial score (nSPS) is 28.2. The Morgan fingerprint density at radius 1 is 0.879 bits per heavy atom. The summed E-state index contributed by atoms with van der Waals surface area (Å²) in [6, 6.07) is 13.8. The summed E-state index contributed by atoms with van der Waals surface area (Å²) in [5, 5.41) is 9.59. The van der Waals surface area contributed by atoms with Gasteiger partial charge in [0.25, 0.3) is 5.91 Å². The van der Waals surface area contributed by atoms with E-state index in [1.807, 2.05) is 17.0 Å². The van der Waals surface area contributed by atoms with Crippen molar-refractivity contribution in [3.05, 3.63) is 98.3 Å². The highest BCUT2D eigenvalue weighted by Crippen LogP contribution is 2.63. The Morgan fingerprint density at radius 2 is 1.62 bits per heavy atom. The highest BCUT2D eigenvalue weighted by molar-refractivity contribution is 6.31. The molecule has 3 N–H and O–H groups in total. The van der Waals surface area contributed by atoms with Gasteiger partial charge in [0.05, 0.1) is 11.1 Å². The van der Waals surface area contributed by atoms with E-state index in [0.29, 0.717) is 79.9 Å². The number of benzene rings is 3. The van der Waals surface area contributed by atoms with Gasteiger partial charge in [-0.15, -0.1) is 0 Å². The van der Waals surface area contributed by atoms with E-state index in [1.165, 1.54) is 11.0 Å². The fourth-order valence-corrected chi connectivity index (χ4v) is 13.1. The summed E-state index contributed by atoms with van der Waals surface area (Å²) < 4.78 is 16.4. The predicted molar refractivity (Wildman–Crippen MR) is 246 cm³/mol. The van der Waals surface area contributed by atoms with Crippen LogP contribution in [0.25, 0.3) is 0 Å². The van der Waals surface area contributed by atoms with E-state index < -0.39 is 40.7 Å². The molecule has 5 fully saturated rings. The van der Waals surface area contributed by atoms with Gasteiger partial charge in [-0.05, 0) is 105 Å². The van der Waals surface area contributed by atoms with Crippen LogP contribution in [0.5, 0.6) is 0 Å². The van der Waals surface area contributed by atoms with Crippen LogP contribution in [0.1, 0.15) is 122 Å². The fourth-order valence-electron chi connectivity index (χ4n) is 12.7. The van der Waals surface area contributed by atoms with Crippen molar-refractivity contribution in [3.8, 4) is 11.8 Å². The molecule has 1 unspecified atom stereocenters. The molecule has 4 atom stereocenters. The number of fused-ring (bicyclic) bond motifs is 4. The number of likely N-dealkylation sites (tertiary alicyclic amines) is 1. The molecule has 2 aliphatic carbocycles. The lowest BCUT2D eigenvalue weighted by molar-refractivity contribution is -0.140. The van der Waals surface area contributed by atoms with Gasteiger partial charge in [0.15, 0.2) is 0 Å². The number of amides is 6. The number of nitrogens with zero attached hydrogens (tertiary/aromatic N) is 3. The van der Waals surface area contributed by atoms with Crippen LogP contribution in [0.4, 0.5) is 10.1 Å². The average Bonchev–Trinajstić information content (AvgIpc) is 3.92. The zero-order chi connectivity index (χ0) is 46.1. The third-order valence-corrected chi connectivity index (χ3v) is 16.6. The van der Waals surface area contributed by atoms with Crippen molar-refractivity contribution in [3.63, 3.8) is 0 Å². The molecule has 0 aromatic heterocycles. The number of carbonyl (C=O) groups is 6. The molecule has 10 rings (SSSR count). The minimum atomic E-state index is -1.31. The number of hydrogen-bond donors (Lipinski definition) is 3. The van der Waals surface area contributed by atoms with Crippen molar-refractivity contribution in [2.24, 2.45) is 11.8 Å². The van der Waals surface area contributed by atoms with Crippen LogP contribution in [0.2, 0.25) is 10.0 Å².